The summed E-state index contributed by atoms with van der Waals surface area (Å²) in [5, 5.41) is 5.91. The predicted molar refractivity (Wildman–Crippen MR) is 90.6 cm³/mol. The number of ether oxygens (including phenoxy) is 1. The van der Waals surface area contributed by atoms with Crippen molar-refractivity contribution in [3.05, 3.63) is 23.8 Å². The van der Waals surface area contributed by atoms with Crippen LogP contribution in [-0.4, -0.2) is 25.6 Å². The maximum Gasteiger partial charge on any atom is 0.416 e. The lowest BCUT2D eigenvalue weighted by atomic mass is 9.85. The van der Waals surface area contributed by atoms with Crippen molar-refractivity contribution >= 4 is 11.6 Å². The highest BCUT2D eigenvalue weighted by Crippen LogP contribution is 2.35. The van der Waals surface area contributed by atoms with Crippen molar-refractivity contribution < 1.29 is 22.7 Å². The molecule has 7 heteroatoms. The Morgan fingerprint density at radius 2 is 2.20 bits per heavy atom. The van der Waals surface area contributed by atoms with E-state index in [2.05, 4.69) is 10.6 Å². The first-order valence-corrected chi connectivity index (χ1v) is 8.66. The van der Waals surface area contributed by atoms with E-state index in [9.17, 15) is 18.0 Å². The molecule has 1 aliphatic heterocycles. The van der Waals surface area contributed by atoms with Gasteiger partial charge in [0.2, 0.25) is 5.91 Å². The summed E-state index contributed by atoms with van der Waals surface area (Å²) in [4.78, 5) is 12.3. The number of carbonyl (C=O) groups is 1. The first kappa shape index (κ1) is 19.6. The first-order chi connectivity index (χ1) is 11.8. The number of rotatable bonds is 6. The van der Waals surface area contributed by atoms with E-state index in [1.54, 1.807) is 6.92 Å². The van der Waals surface area contributed by atoms with E-state index in [4.69, 9.17) is 4.74 Å². The maximum atomic E-state index is 12.9. The highest BCUT2D eigenvalue weighted by atomic mass is 19.4. The molecule has 4 nitrogen and oxygen atoms in total. The second-order valence-electron chi connectivity index (χ2n) is 6.48. The largest absolute Gasteiger partial charge is 0.492 e. The molecule has 0 radical (unpaired) electrons. The number of halogens is 3. The molecule has 1 aliphatic rings. The van der Waals surface area contributed by atoms with E-state index >= 15 is 0 Å². The van der Waals surface area contributed by atoms with Crippen LogP contribution in [0, 0.1) is 11.8 Å². The number of hydrogen-bond acceptors (Lipinski definition) is 3. The zero-order chi connectivity index (χ0) is 18.4. The molecule has 0 bridgehead atoms. The van der Waals surface area contributed by atoms with E-state index in [-0.39, 0.29) is 29.7 Å². The fourth-order valence-electron chi connectivity index (χ4n) is 3.11. The summed E-state index contributed by atoms with van der Waals surface area (Å²) in [5.74, 6) is 0.524. The van der Waals surface area contributed by atoms with Gasteiger partial charge in [-0.25, -0.2) is 0 Å². The van der Waals surface area contributed by atoms with Gasteiger partial charge in [-0.3, -0.25) is 4.79 Å². The summed E-state index contributed by atoms with van der Waals surface area (Å²) in [6.07, 6.45) is -2.05. The minimum Gasteiger partial charge on any atom is -0.492 e. The second kappa shape index (κ2) is 8.56. The van der Waals surface area contributed by atoms with Gasteiger partial charge in [-0.2, -0.15) is 13.2 Å². The SMILES string of the molecule is CCOc1ccc(C(F)(F)F)cc1NC(=O)CC(C)C1CCCNC1. The molecule has 25 heavy (non-hydrogen) atoms. The molecular formula is C18H25F3N2O2. The normalized spacial score (nSPS) is 19.3. The van der Waals surface area contributed by atoms with Crippen molar-refractivity contribution in [1.82, 2.24) is 5.32 Å². The van der Waals surface area contributed by atoms with Gasteiger partial charge < -0.3 is 15.4 Å². The predicted octanol–water partition coefficient (Wildman–Crippen LogP) is 4.07. The smallest absolute Gasteiger partial charge is 0.416 e. The molecule has 140 valence electrons. The zero-order valence-corrected chi connectivity index (χ0v) is 14.6. The van der Waals surface area contributed by atoms with Crippen LogP contribution in [0.4, 0.5) is 18.9 Å². The molecule has 2 N–H and O–H groups in total. The molecular weight excluding hydrogens is 333 g/mol. The number of piperidine rings is 1. The Bertz CT molecular complexity index is 584. The summed E-state index contributed by atoms with van der Waals surface area (Å²) >= 11 is 0. The van der Waals surface area contributed by atoms with Gasteiger partial charge in [-0.1, -0.05) is 6.92 Å². The average molecular weight is 358 g/mol. The molecule has 0 aromatic heterocycles. The van der Waals surface area contributed by atoms with Gasteiger partial charge in [0.05, 0.1) is 17.9 Å². The molecule has 2 rings (SSSR count). The third-order valence-electron chi connectivity index (χ3n) is 4.53. The Balaban J connectivity index is 2.07. The third-order valence-corrected chi connectivity index (χ3v) is 4.53. The van der Waals surface area contributed by atoms with Gasteiger partial charge in [0.1, 0.15) is 5.75 Å². The fraction of sp³-hybridized carbons (Fsp3) is 0.611. The summed E-state index contributed by atoms with van der Waals surface area (Å²) in [5.41, 5.74) is -0.744. The van der Waals surface area contributed by atoms with Crippen molar-refractivity contribution in [1.29, 1.82) is 0 Å². The van der Waals surface area contributed by atoms with E-state index in [0.717, 1.165) is 38.1 Å². The first-order valence-electron chi connectivity index (χ1n) is 8.66. The van der Waals surface area contributed by atoms with E-state index in [0.29, 0.717) is 12.5 Å². The number of benzene rings is 1. The van der Waals surface area contributed by atoms with Crippen LogP contribution in [0.5, 0.6) is 5.75 Å². The Hall–Kier alpha value is -1.76. The summed E-state index contributed by atoms with van der Waals surface area (Å²) in [6.45, 7) is 5.92. The quantitative estimate of drug-likeness (QED) is 0.806. The highest BCUT2D eigenvalue weighted by molar-refractivity contribution is 5.92. The number of nitrogens with one attached hydrogen (secondary N) is 2. The van der Waals surface area contributed by atoms with Gasteiger partial charge >= 0.3 is 6.18 Å². The van der Waals surface area contributed by atoms with E-state index in [1.165, 1.54) is 6.07 Å². The van der Waals surface area contributed by atoms with Gasteiger partial charge in [0.15, 0.2) is 0 Å². The van der Waals surface area contributed by atoms with Crippen molar-refractivity contribution in [3.63, 3.8) is 0 Å². The Labute approximate surface area is 146 Å². The molecule has 2 atom stereocenters. The Morgan fingerprint density at radius 1 is 1.44 bits per heavy atom. The standard InChI is InChI=1S/C18H25F3N2O2/c1-3-25-16-7-6-14(18(19,20)21)10-15(16)23-17(24)9-12(2)13-5-4-8-22-11-13/h6-7,10,12-13,22H,3-5,8-9,11H2,1-2H3,(H,23,24). The number of hydrogen-bond donors (Lipinski definition) is 2. The van der Waals surface area contributed by atoms with Crippen LogP contribution in [0.15, 0.2) is 18.2 Å². The number of carbonyl (C=O) groups excluding carboxylic acids is 1. The topological polar surface area (TPSA) is 50.4 Å². The molecule has 0 spiro atoms. The van der Waals surface area contributed by atoms with Crippen LogP contribution in [0.3, 0.4) is 0 Å². The fourth-order valence-corrected chi connectivity index (χ4v) is 3.11. The minimum atomic E-state index is -4.47. The van der Waals surface area contributed by atoms with E-state index < -0.39 is 11.7 Å². The maximum absolute atomic E-state index is 12.9. The molecule has 1 aromatic rings. The molecule has 1 fully saturated rings. The summed E-state index contributed by atoms with van der Waals surface area (Å²) in [7, 11) is 0. The molecule has 1 amide bonds. The summed E-state index contributed by atoms with van der Waals surface area (Å²) in [6, 6.07) is 3.13. The van der Waals surface area contributed by atoms with Crippen LogP contribution in [0.25, 0.3) is 0 Å². The lowest BCUT2D eigenvalue weighted by Crippen LogP contribution is -2.34. The van der Waals surface area contributed by atoms with Crippen molar-refractivity contribution in [2.75, 3.05) is 25.0 Å². The van der Waals surface area contributed by atoms with Gasteiger partial charge in [-0.15, -0.1) is 0 Å². The Kier molecular flexibility index (Phi) is 6.70. The van der Waals surface area contributed by atoms with Crippen LogP contribution < -0.4 is 15.4 Å². The number of anilines is 1. The molecule has 1 saturated heterocycles. The Morgan fingerprint density at radius 3 is 2.80 bits per heavy atom. The molecule has 1 aromatic carbocycles. The average Bonchev–Trinajstić information content (AvgIpc) is 2.56. The number of alkyl halides is 3. The van der Waals surface area contributed by atoms with Gasteiger partial charge in [0, 0.05) is 6.42 Å². The lowest BCUT2D eigenvalue weighted by molar-refractivity contribution is -0.137. The van der Waals surface area contributed by atoms with Crippen molar-refractivity contribution in [2.24, 2.45) is 11.8 Å². The lowest BCUT2D eigenvalue weighted by Gasteiger charge is -2.28. The molecule has 2 unspecified atom stereocenters. The summed E-state index contributed by atoms with van der Waals surface area (Å²) < 4.78 is 44.1. The van der Waals surface area contributed by atoms with Gasteiger partial charge in [0.25, 0.3) is 0 Å². The molecule has 0 saturated carbocycles. The van der Waals surface area contributed by atoms with E-state index in [1.807, 2.05) is 6.92 Å². The van der Waals surface area contributed by atoms with Crippen LogP contribution in [0.1, 0.15) is 38.7 Å². The minimum absolute atomic E-state index is 0.0654. The van der Waals surface area contributed by atoms with Crippen LogP contribution in [-0.2, 0) is 11.0 Å². The highest BCUT2D eigenvalue weighted by Gasteiger charge is 2.31. The van der Waals surface area contributed by atoms with Crippen LogP contribution in [0.2, 0.25) is 0 Å². The second-order valence-corrected chi connectivity index (χ2v) is 6.48. The van der Waals surface area contributed by atoms with Gasteiger partial charge in [-0.05, 0) is 62.9 Å². The molecule has 0 aliphatic carbocycles. The monoisotopic (exact) mass is 358 g/mol. The third kappa shape index (κ3) is 5.63. The zero-order valence-electron chi connectivity index (χ0n) is 14.6. The molecule has 1 heterocycles. The van der Waals surface area contributed by atoms with Crippen molar-refractivity contribution in [2.45, 2.75) is 39.3 Å². The number of amides is 1. The van der Waals surface area contributed by atoms with Crippen molar-refractivity contribution in [3.8, 4) is 5.75 Å². The van der Waals surface area contributed by atoms with Crippen LogP contribution >= 0.6 is 0 Å².